The predicted octanol–water partition coefficient (Wildman–Crippen LogP) is 2.39. The van der Waals surface area contributed by atoms with E-state index in [2.05, 4.69) is 45.0 Å². The van der Waals surface area contributed by atoms with Crippen molar-refractivity contribution in [3.63, 3.8) is 0 Å². The molecule has 0 bridgehead atoms. The third-order valence-electron chi connectivity index (χ3n) is 6.42. The number of benzene rings is 2. The van der Waals surface area contributed by atoms with Gasteiger partial charge in [-0.2, -0.15) is 9.45 Å². The topological polar surface area (TPSA) is 76.6 Å². The zero-order valence-electron chi connectivity index (χ0n) is 19.8. The molecule has 1 aliphatic heterocycles. The summed E-state index contributed by atoms with van der Waals surface area (Å²) >= 11 is 0. The number of halogens is 1. The molecule has 2 heterocycles. The Morgan fingerprint density at radius 1 is 1.06 bits per heavy atom. The minimum atomic E-state index is -2.73. The summed E-state index contributed by atoms with van der Waals surface area (Å²) in [6, 6.07) is 20.5. The lowest BCUT2D eigenvalue weighted by atomic mass is 10.2. The fourth-order valence-electron chi connectivity index (χ4n) is 4.70. The largest absolute Gasteiger partial charge is 0.406 e. The van der Waals surface area contributed by atoms with Crippen LogP contribution in [0.2, 0.25) is 5.04 Å². The fraction of sp³-hybridized carbons (Fsp3) is 0.360. The molecule has 0 unspecified atom stereocenters. The van der Waals surface area contributed by atoms with Crippen LogP contribution >= 0.6 is 0 Å². The van der Waals surface area contributed by atoms with Gasteiger partial charge in [-0.25, -0.2) is 4.79 Å². The monoisotopic (exact) mass is 483 g/mol. The zero-order valence-corrected chi connectivity index (χ0v) is 20.8. The Kier molecular flexibility index (Phi) is 6.72. The van der Waals surface area contributed by atoms with Crippen LogP contribution in [0.1, 0.15) is 33.4 Å². The summed E-state index contributed by atoms with van der Waals surface area (Å²) in [6.07, 6.45) is 0.558. The summed E-state index contributed by atoms with van der Waals surface area (Å²) in [5.41, 5.74) is -1.75. The van der Waals surface area contributed by atoms with E-state index >= 15 is 0 Å². The molecule has 2 aromatic carbocycles. The molecule has 1 aromatic heterocycles. The van der Waals surface area contributed by atoms with Gasteiger partial charge in [0.05, 0.1) is 18.8 Å². The number of likely N-dealkylation sites (N-methyl/N-ethyl adjacent to an activating group) is 1. The number of rotatable bonds is 6. The van der Waals surface area contributed by atoms with Gasteiger partial charge in [0.25, 0.3) is 13.9 Å². The molecule has 34 heavy (non-hydrogen) atoms. The molecule has 9 heteroatoms. The van der Waals surface area contributed by atoms with Crippen LogP contribution in [-0.2, 0) is 9.26 Å². The smallest absolute Gasteiger partial charge is 0.330 e. The quantitative estimate of drug-likeness (QED) is 0.545. The molecule has 0 spiro atoms. The molecule has 0 aliphatic carbocycles. The van der Waals surface area contributed by atoms with Crippen LogP contribution in [0, 0.1) is 5.82 Å². The molecule has 1 N–H and O–H groups in total. The first-order valence-electron chi connectivity index (χ1n) is 11.3. The van der Waals surface area contributed by atoms with Gasteiger partial charge in [-0.15, -0.1) is 0 Å². The number of nitrogens with zero attached hydrogens (tertiary/aromatic N) is 2. The van der Waals surface area contributed by atoms with Crippen LogP contribution < -0.4 is 21.6 Å². The summed E-state index contributed by atoms with van der Waals surface area (Å²) in [7, 11) is -0.963. The fourth-order valence-corrected chi connectivity index (χ4v) is 9.29. The minimum Gasteiger partial charge on any atom is -0.406 e. The van der Waals surface area contributed by atoms with Crippen LogP contribution in [0.4, 0.5) is 4.39 Å². The Morgan fingerprint density at radius 3 is 2.15 bits per heavy atom. The molecule has 7 nitrogen and oxygen atoms in total. The molecule has 1 fully saturated rings. The first kappa shape index (κ1) is 24.3. The Hall–Kier alpha value is -2.85. The van der Waals surface area contributed by atoms with Gasteiger partial charge in [-0.1, -0.05) is 81.4 Å². The summed E-state index contributed by atoms with van der Waals surface area (Å²) in [5.74, 6) is -1.03. The molecule has 2 atom stereocenters. The van der Waals surface area contributed by atoms with Gasteiger partial charge in [0.1, 0.15) is 0 Å². The van der Waals surface area contributed by atoms with Gasteiger partial charge in [0.15, 0.2) is 6.23 Å². The van der Waals surface area contributed by atoms with Gasteiger partial charge < -0.3 is 4.43 Å². The number of aromatic amines is 1. The molecule has 4 rings (SSSR count). The Balaban J connectivity index is 1.66. The van der Waals surface area contributed by atoms with E-state index in [0.29, 0.717) is 13.0 Å². The van der Waals surface area contributed by atoms with E-state index in [1.807, 2.05) is 41.4 Å². The third kappa shape index (κ3) is 4.44. The average Bonchev–Trinajstić information content (AvgIpc) is 3.17. The lowest BCUT2D eigenvalue weighted by Gasteiger charge is -2.43. The van der Waals surface area contributed by atoms with Gasteiger partial charge in [-0.3, -0.25) is 19.2 Å². The van der Waals surface area contributed by atoms with Crippen molar-refractivity contribution in [2.24, 2.45) is 0 Å². The molecule has 1 aliphatic rings. The van der Waals surface area contributed by atoms with Crippen molar-refractivity contribution in [3.8, 4) is 0 Å². The molecule has 0 saturated carbocycles. The maximum Gasteiger partial charge on any atom is 0.330 e. The molecule has 0 amide bonds. The van der Waals surface area contributed by atoms with E-state index in [0.717, 1.165) is 10.8 Å². The Bertz CT molecular complexity index is 1200. The normalized spacial score (nSPS) is 19.4. The molecule has 180 valence electrons. The van der Waals surface area contributed by atoms with Crippen molar-refractivity contribution in [2.75, 3.05) is 13.7 Å². The van der Waals surface area contributed by atoms with Crippen LogP contribution in [0.15, 0.2) is 76.4 Å². The number of hydrogen-bond acceptors (Lipinski definition) is 5. The standard InChI is InChI=1S/C25H30FN3O4Si/c1-25(2,3)34(19-11-7-5-8-12-19,20-13-9-6-10-14-20)32-17-18-15-22(33-28(18)4)29-16-21(26)23(30)27-24(29)31/h5-14,16,18,22H,15,17H2,1-4H3,(H,27,30,31)/t18-,22-/m1/s1. The van der Waals surface area contributed by atoms with Gasteiger partial charge in [0, 0.05) is 13.5 Å². The highest BCUT2D eigenvalue weighted by molar-refractivity contribution is 6.99. The molecule has 0 radical (unpaired) electrons. The van der Waals surface area contributed by atoms with Crippen molar-refractivity contribution in [2.45, 2.75) is 44.5 Å². The molecule has 3 aromatic rings. The number of nitrogens with one attached hydrogen (secondary N) is 1. The second-order valence-corrected chi connectivity index (χ2v) is 13.9. The van der Waals surface area contributed by atoms with Gasteiger partial charge in [-0.05, 0) is 15.4 Å². The SMILES string of the molecule is CN1O[C@@H](n2cc(F)c(=O)[nH]c2=O)C[C@@H]1CO[Si](c1ccccc1)(c1ccccc1)C(C)(C)C. The van der Waals surface area contributed by atoms with Crippen molar-refractivity contribution in [3.05, 3.63) is 93.5 Å². The number of aromatic nitrogens is 2. The maximum absolute atomic E-state index is 13.8. The number of hydrogen-bond donors (Lipinski definition) is 1. The second kappa shape index (κ2) is 9.42. The highest BCUT2D eigenvalue weighted by Gasteiger charge is 2.51. The predicted molar refractivity (Wildman–Crippen MR) is 131 cm³/mol. The van der Waals surface area contributed by atoms with Gasteiger partial charge >= 0.3 is 5.69 Å². The van der Waals surface area contributed by atoms with Crippen molar-refractivity contribution < 1.29 is 13.7 Å². The van der Waals surface area contributed by atoms with E-state index in [4.69, 9.17) is 9.26 Å². The summed E-state index contributed by atoms with van der Waals surface area (Å²) in [6.45, 7) is 6.99. The Labute approximate surface area is 198 Å². The van der Waals surface area contributed by atoms with Crippen LogP contribution in [0.25, 0.3) is 0 Å². The first-order chi connectivity index (χ1) is 16.1. The van der Waals surface area contributed by atoms with Crippen LogP contribution in [0.3, 0.4) is 0 Å². The third-order valence-corrected chi connectivity index (χ3v) is 11.4. The number of H-pyrrole nitrogens is 1. The van der Waals surface area contributed by atoms with E-state index in [-0.39, 0.29) is 11.1 Å². The molecular formula is C25H30FN3O4Si. The highest BCUT2D eigenvalue weighted by Crippen LogP contribution is 2.37. The van der Waals surface area contributed by atoms with Crippen molar-refractivity contribution in [1.29, 1.82) is 0 Å². The minimum absolute atomic E-state index is 0.173. The maximum atomic E-state index is 13.8. The van der Waals surface area contributed by atoms with Crippen LogP contribution in [0.5, 0.6) is 0 Å². The lowest BCUT2D eigenvalue weighted by Crippen LogP contribution is -2.67. The van der Waals surface area contributed by atoms with Crippen molar-refractivity contribution in [1.82, 2.24) is 14.6 Å². The summed E-state index contributed by atoms with van der Waals surface area (Å²) < 4.78 is 21.9. The van der Waals surface area contributed by atoms with Gasteiger partial charge in [0.2, 0.25) is 5.82 Å². The zero-order chi connectivity index (χ0) is 24.5. The Morgan fingerprint density at radius 2 is 1.62 bits per heavy atom. The average molecular weight is 484 g/mol. The first-order valence-corrected chi connectivity index (χ1v) is 13.2. The highest BCUT2D eigenvalue weighted by atomic mass is 28.4. The summed E-state index contributed by atoms with van der Waals surface area (Å²) in [4.78, 5) is 31.5. The number of hydroxylamine groups is 2. The molecular weight excluding hydrogens is 453 g/mol. The molecule has 1 saturated heterocycles. The van der Waals surface area contributed by atoms with Crippen molar-refractivity contribution >= 4 is 18.7 Å². The van der Waals surface area contributed by atoms with E-state index in [1.54, 1.807) is 12.1 Å². The van der Waals surface area contributed by atoms with E-state index in [1.165, 1.54) is 10.4 Å². The van der Waals surface area contributed by atoms with Crippen LogP contribution in [-0.4, -0.2) is 42.6 Å². The van der Waals surface area contributed by atoms with E-state index < -0.39 is 31.6 Å². The summed E-state index contributed by atoms with van der Waals surface area (Å²) in [5, 5.41) is 3.82. The second-order valence-electron chi connectivity index (χ2n) is 9.61. The lowest BCUT2D eigenvalue weighted by molar-refractivity contribution is -0.170. The van der Waals surface area contributed by atoms with E-state index in [9.17, 15) is 14.0 Å².